The van der Waals surface area contributed by atoms with Crippen molar-refractivity contribution in [3.63, 3.8) is 0 Å². The maximum Gasteiger partial charge on any atom is 0.325 e. The van der Waals surface area contributed by atoms with Crippen LogP contribution < -0.4 is 10.1 Å². The predicted octanol–water partition coefficient (Wildman–Crippen LogP) is 4.11. The van der Waals surface area contributed by atoms with E-state index in [1.165, 1.54) is 29.2 Å². The Hall–Kier alpha value is -2.60. The van der Waals surface area contributed by atoms with Crippen molar-refractivity contribution in [2.45, 2.75) is 25.3 Å². The lowest BCUT2D eigenvalue weighted by Crippen LogP contribution is -2.43. The van der Waals surface area contributed by atoms with Crippen LogP contribution >= 0.6 is 11.6 Å². The van der Waals surface area contributed by atoms with E-state index in [1.54, 1.807) is 24.3 Å². The van der Waals surface area contributed by atoms with Crippen LogP contribution in [0.5, 0.6) is 5.75 Å². The summed E-state index contributed by atoms with van der Waals surface area (Å²) in [6, 6.07) is 12.2. The maximum absolute atomic E-state index is 13.2. The number of carbonyl (C=O) groups excluding carboxylic acids is 2. The highest BCUT2D eigenvalue weighted by Gasteiger charge is 2.50. The third-order valence-electron chi connectivity index (χ3n) is 4.65. The molecule has 0 aromatic heterocycles. The zero-order chi connectivity index (χ0) is 19.4. The fourth-order valence-electron chi connectivity index (χ4n) is 3.15. The molecule has 1 unspecified atom stereocenters. The van der Waals surface area contributed by atoms with Gasteiger partial charge in [-0.3, -0.25) is 9.69 Å². The van der Waals surface area contributed by atoms with E-state index in [2.05, 4.69) is 5.32 Å². The number of benzene rings is 2. The van der Waals surface area contributed by atoms with Crippen LogP contribution in [0.3, 0.4) is 0 Å². The highest BCUT2D eigenvalue weighted by molar-refractivity contribution is 6.30. The average Bonchev–Trinajstić information content (AvgIpc) is 2.92. The van der Waals surface area contributed by atoms with E-state index in [4.69, 9.17) is 16.3 Å². The molecule has 1 N–H and O–H groups in total. The molecule has 27 heavy (non-hydrogen) atoms. The molecule has 2 aromatic carbocycles. The average molecular weight is 391 g/mol. The fraction of sp³-hybridized carbons (Fsp3) is 0.300. The second kappa shape index (κ2) is 7.96. The van der Waals surface area contributed by atoms with Gasteiger partial charge in [-0.05, 0) is 54.8 Å². The van der Waals surface area contributed by atoms with Gasteiger partial charge in [0, 0.05) is 11.6 Å². The van der Waals surface area contributed by atoms with Crippen molar-refractivity contribution in [2.24, 2.45) is 0 Å². The Morgan fingerprint density at radius 3 is 2.41 bits per heavy atom. The summed E-state index contributed by atoms with van der Waals surface area (Å²) in [5.74, 6) is -0.0445. The quantitative estimate of drug-likeness (QED) is 0.572. The van der Waals surface area contributed by atoms with Crippen LogP contribution in [0.2, 0.25) is 5.02 Å². The van der Waals surface area contributed by atoms with E-state index >= 15 is 0 Å². The van der Waals surface area contributed by atoms with Crippen molar-refractivity contribution in [1.29, 1.82) is 0 Å². The van der Waals surface area contributed by atoms with Gasteiger partial charge < -0.3 is 10.1 Å². The lowest BCUT2D eigenvalue weighted by atomic mass is 9.87. The van der Waals surface area contributed by atoms with Gasteiger partial charge in [-0.1, -0.05) is 30.7 Å². The highest BCUT2D eigenvalue weighted by atomic mass is 35.5. The summed E-state index contributed by atoms with van der Waals surface area (Å²) in [7, 11) is 0. The fourth-order valence-corrected chi connectivity index (χ4v) is 3.27. The van der Waals surface area contributed by atoms with E-state index < -0.39 is 17.4 Å². The summed E-state index contributed by atoms with van der Waals surface area (Å²) in [6.45, 7) is 2.41. The summed E-state index contributed by atoms with van der Waals surface area (Å²) in [5.41, 5.74) is -0.577. The highest BCUT2D eigenvalue weighted by Crippen LogP contribution is 2.32. The van der Waals surface area contributed by atoms with Crippen LogP contribution in [0.4, 0.5) is 9.18 Å². The molecule has 0 bridgehead atoms. The minimum absolute atomic E-state index is 0.237. The summed E-state index contributed by atoms with van der Waals surface area (Å²) in [5, 5.41) is 3.40. The van der Waals surface area contributed by atoms with Crippen molar-refractivity contribution < 1.29 is 18.7 Å². The van der Waals surface area contributed by atoms with E-state index in [9.17, 15) is 14.0 Å². The number of carbonyl (C=O) groups is 2. The molecule has 5 nitrogen and oxygen atoms in total. The minimum atomic E-state index is -1.15. The van der Waals surface area contributed by atoms with Crippen LogP contribution in [-0.4, -0.2) is 30.0 Å². The van der Waals surface area contributed by atoms with Crippen molar-refractivity contribution in [3.05, 3.63) is 64.9 Å². The first kappa shape index (κ1) is 19.2. The normalized spacial score (nSPS) is 19.3. The van der Waals surface area contributed by atoms with Crippen LogP contribution in [0.25, 0.3) is 0 Å². The molecule has 2 aromatic rings. The smallest absolute Gasteiger partial charge is 0.325 e. The molecule has 142 valence electrons. The Kier molecular flexibility index (Phi) is 5.65. The lowest BCUT2D eigenvalue weighted by Gasteiger charge is -2.25. The van der Waals surface area contributed by atoms with Gasteiger partial charge in [0.25, 0.3) is 5.91 Å². The maximum atomic E-state index is 13.2. The predicted molar refractivity (Wildman–Crippen MR) is 100 cm³/mol. The molecule has 1 aliphatic rings. The molecule has 7 heteroatoms. The number of nitrogens with zero attached hydrogens (tertiary/aromatic N) is 1. The molecule has 0 spiro atoms. The number of hydrogen-bond donors (Lipinski definition) is 1. The topological polar surface area (TPSA) is 58.6 Å². The van der Waals surface area contributed by atoms with Crippen LogP contribution in [0.15, 0.2) is 48.5 Å². The molecule has 1 atom stereocenters. The summed E-state index contributed by atoms with van der Waals surface area (Å²) in [4.78, 5) is 26.5. The number of urea groups is 1. The molecular formula is C20H20ClFN2O3. The van der Waals surface area contributed by atoms with Gasteiger partial charge >= 0.3 is 6.03 Å². The third kappa shape index (κ3) is 3.90. The number of amides is 3. The molecule has 1 saturated heterocycles. The number of nitrogens with one attached hydrogen (secondary N) is 1. The molecule has 0 radical (unpaired) electrons. The zero-order valence-electron chi connectivity index (χ0n) is 14.9. The van der Waals surface area contributed by atoms with Gasteiger partial charge in [-0.2, -0.15) is 0 Å². The van der Waals surface area contributed by atoms with Crippen molar-refractivity contribution in [2.75, 3.05) is 13.2 Å². The van der Waals surface area contributed by atoms with Crippen LogP contribution in [-0.2, 0) is 10.3 Å². The zero-order valence-corrected chi connectivity index (χ0v) is 15.6. The summed E-state index contributed by atoms with van der Waals surface area (Å²) in [6.07, 6.45) is 0.867. The standard InChI is InChI=1S/C20H20ClFN2O3/c1-2-20(14-4-8-16(22)9-5-14)18(25)24(19(26)23-20)12-3-13-27-17-10-6-15(21)7-11-17/h4-11H,2-3,12-13H2,1H3,(H,23,26). The van der Waals surface area contributed by atoms with Gasteiger partial charge in [0.1, 0.15) is 17.1 Å². The van der Waals surface area contributed by atoms with Crippen LogP contribution in [0, 0.1) is 5.82 Å². The van der Waals surface area contributed by atoms with E-state index in [1.807, 2.05) is 6.92 Å². The Morgan fingerprint density at radius 1 is 1.11 bits per heavy atom. The Balaban J connectivity index is 1.63. The molecule has 0 aliphatic carbocycles. The second-order valence-corrected chi connectivity index (χ2v) is 6.75. The van der Waals surface area contributed by atoms with Gasteiger partial charge in [0.2, 0.25) is 0 Å². The van der Waals surface area contributed by atoms with E-state index in [-0.39, 0.29) is 12.5 Å². The molecule has 1 aliphatic heterocycles. The molecule has 0 saturated carbocycles. The number of rotatable bonds is 7. The molecule has 3 amide bonds. The van der Waals surface area contributed by atoms with Gasteiger partial charge in [0.05, 0.1) is 6.61 Å². The minimum Gasteiger partial charge on any atom is -0.494 e. The Bertz CT molecular complexity index is 826. The van der Waals surface area contributed by atoms with Gasteiger partial charge in [0.15, 0.2) is 0 Å². The van der Waals surface area contributed by atoms with Crippen molar-refractivity contribution in [1.82, 2.24) is 10.2 Å². The number of hydrogen-bond acceptors (Lipinski definition) is 3. The van der Waals surface area contributed by atoms with Gasteiger partial charge in [-0.15, -0.1) is 0 Å². The molecule has 3 rings (SSSR count). The van der Waals surface area contributed by atoms with E-state index in [0.717, 1.165) is 0 Å². The van der Waals surface area contributed by atoms with Crippen molar-refractivity contribution >= 4 is 23.5 Å². The molecule has 1 heterocycles. The largest absolute Gasteiger partial charge is 0.494 e. The van der Waals surface area contributed by atoms with Gasteiger partial charge in [-0.25, -0.2) is 9.18 Å². The Morgan fingerprint density at radius 2 is 1.78 bits per heavy atom. The number of halogens is 2. The third-order valence-corrected chi connectivity index (χ3v) is 4.90. The summed E-state index contributed by atoms with van der Waals surface area (Å²) >= 11 is 5.83. The van der Waals surface area contributed by atoms with Crippen molar-refractivity contribution in [3.8, 4) is 5.75 Å². The second-order valence-electron chi connectivity index (χ2n) is 6.31. The summed E-state index contributed by atoms with van der Waals surface area (Å²) < 4.78 is 18.8. The number of ether oxygens (including phenoxy) is 1. The first-order valence-corrected chi connectivity index (χ1v) is 9.12. The Labute approximate surface area is 162 Å². The van der Waals surface area contributed by atoms with E-state index in [0.29, 0.717) is 35.8 Å². The molecule has 1 fully saturated rings. The monoisotopic (exact) mass is 390 g/mol. The first-order valence-electron chi connectivity index (χ1n) is 8.75. The SMILES string of the molecule is CCC1(c2ccc(F)cc2)NC(=O)N(CCCOc2ccc(Cl)cc2)C1=O. The number of imide groups is 1. The van der Waals surface area contributed by atoms with Crippen LogP contribution in [0.1, 0.15) is 25.3 Å². The lowest BCUT2D eigenvalue weighted by molar-refractivity contribution is -0.131. The molecular weight excluding hydrogens is 371 g/mol. The first-order chi connectivity index (χ1) is 13.0.